The van der Waals surface area contributed by atoms with E-state index in [9.17, 15) is 4.21 Å². The third-order valence-corrected chi connectivity index (χ3v) is 5.16. The zero-order valence-electron chi connectivity index (χ0n) is 14.8. The van der Waals surface area contributed by atoms with E-state index in [4.69, 9.17) is 11.6 Å². The summed E-state index contributed by atoms with van der Waals surface area (Å²) in [5.41, 5.74) is 2.28. The Kier molecular flexibility index (Phi) is 11.6. The molecule has 142 valence electrons. The van der Waals surface area contributed by atoms with E-state index in [2.05, 4.69) is 21.7 Å². The quantitative estimate of drug-likeness (QED) is 0.327. The maximum absolute atomic E-state index is 12.1. The van der Waals surface area contributed by atoms with Crippen LogP contribution in [0.2, 0.25) is 5.02 Å². The van der Waals surface area contributed by atoms with Crippen LogP contribution in [-0.2, 0) is 23.0 Å². The number of hydrogen-bond donors (Lipinski definition) is 2. The van der Waals surface area contributed by atoms with E-state index in [1.54, 1.807) is 7.05 Å². The zero-order valence-corrected chi connectivity index (χ0v) is 18.7. The van der Waals surface area contributed by atoms with Crippen molar-refractivity contribution in [3.8, 4) is 0 Å². The highest BCUT2D eigenvalue weighted by atomic mass is 127. The summed E-state index contributed by atoms with van der Waals surface area (Å²) in [7, 11) is 0.844. The van der Waals surface area contributed by atoms with Crippen LogP contribution >= 0.6 is 35.6 Å². The normalized spacial score (nSPS) is 12.2. The zero-order chi connectivity index (χ0) is 17.9. The predicted octanol–water partition coefficient (Wildman–Crippen LogP) is 3.61. The lowest BCUT2D eigenvalue weighted by Gasteiger charge is -2.12. The second-order valence-corrected chi connectivity index (χ2v) is 7.59. The van der Waals surface area contributed by atoms with Gasteiger partial charge in [-0.3, -0.25) is 9.20 Å². The fourth-order valence-electron chi connectivity index (χ4n) is 2.35. The van der Waals surface area contributed by atoms with Gasteiger partial charge in [-0.25, -0.2) is 0 Å². The van der Waals surface area contributed by atoms with Crippen LogP contribution < -0.4 is 10.6 Å². The van der Waals surface area contributed by atoms with Crippen LogP contribution in [0.1, 0.15) is 11.1 Å². The van der Waals surface area contributed by atoms with Gasteiger partial charge < -0.3 is 10.6 Å². The average Bonchev–Trinajstić information content (AvgIpc) is 2.61. The fraction of sp³-hybridized carbons (Fsp3) is 0.316. The van der Waals surface area contributed by atoms with Crippen molar-refractivity contribution in [2.24, 2.45) is 4.99 Å². The number of hydrogen-bond acceptors (Lipinski definition) is 2. The van der Waals surface area contributed by atoms with Gasteiger partial charge >= 0.3 is 0 Å². The Bertz CT molecular complexity index is 713. The van der Waals surface area contributed by atoms with E-state index in [-0.39, 0.29) is 24.0 Å². The molecule has 0 aromatic heterocycles. The van der Waals surface area contributed by atoms with Crippen LogP contribution in [0.5, 0.6) is 0 Å². The SMILES string of the molecule is CN=C(NCCc1cccc(Cl)c1)NCCS(=O)Cc1ccccc1.I. The van der Waals surface area contributed by atoms with Crippen LogP contribution in [0, 0.1) is 0 Å². The minimum absolute atomic E-state index is 0. The molecule has 0 radical (unpaired) electrons. The first-order chi connectivity index (χ1) is 12.2. The third kappa shape index (κ3) is 9.00. The molecule has 0 aliphatic heterocycles. The molecular formula is C19H25ClIN3OS. The first-order valence-corrected chi connectivity index (χ1v) is 10.1. The first-order valence-electron chi connectivity index (χ1n) is 8.25. The van der Waals surface area contributed by atoms with Crippen molar-refractivity contribution >= 4 is 52.3 Å². The lowest BCUT2D eigenvalue weighted by atomic mass is 10.1. The lowest BCUT2D eigenvalue weighted by molar-refractivity contribution is 0.680. The van der Waals surface area contributed by atoms with Crippen molar-refractivity contribution in [1.82, 2.24) is 10.6 Å². The fourth-order valence-corrected chi connectivity index (χ4v) is 3.61. The van der Waals surface area contributed by atoms with E-state index in [1.807, 2.05) is 48.5 Å². The Labute approximate surface area is 180 Å². The highest BCUT2D eigenvalue weighted by Crippen LogP contribution is 2.10. The maximum atomic E-state index is 12.1. The summed E-state index contributed by atoms with van der Waals surface area (Å²) < 4.78 is 12.1. The van der Waals surface area contributed by atoms with Crippen LogP contribution in [0.3, 0.4) is 0 Å². The Morgan fingerprint density at radius 3 is 2.42 bits per heavy atom. The van der Waals surface area contributed by atoms with Crippen LogP contribution in [0.15, 0.2) is 59.6 Å². The van der Waals surface area contributed by atoms with Crippen LogP contribution in [0.25, 0.3) is 0 Å². The molecule has 7 heteroatoms. The summed E-state index contributed by atoms with van der Waals surface area (Å²) in [6.45, 7) is 1.38. The number of nitrogens with zero attached hydrogens (tertiary/aromatic N) is 1. The molecule has 0 saturated heterocycles. The van der Waals surface area contributed by atoms with Crippen molar-refractivity contribution in [1.29, 1.82) is 0 Å². The summed E-state index contributed by atoms with van der Waals surface area (Å²) in [6.07, 6.45) is 0.862. The second kappa shape index (κ2) is 13.1. The Morgan fingerprint density at radius 2 is 1.73 bits per heavy atom. The minimum Gasteiger partial charge on any atom is -0.356 e. The van der Waals surface area contributed by atoms with Gasteiger partial charge in [0.2, 0.25) is 0 Å². The number of rotatable bonds is 8. The van der Waals surface area contributed by atoms with Crippen molar-refractivity contribution < 1.29 is 4.21 Å². The molecule has 0 saturated carbocycles. The molecule has 0 heterocycles. The van der Waals surface area contributed by atoms with Gasteiger partial charge in [-0.15, -0.1) is 24.0 Å². The molecule has 2 aromatic carbocycles. The van der Waals surface area contributed by atoms with E-state index in [0.29, 0.717) is 18.1 Å². The number of nitrogens with one attached hydrogen (secondary N) is 2. The molecule has 2 rings (SSSR count). The first kappa shape index (κ1) is 22.9. The molecule has 2 N–H and O–H groups in total. The van der Waals surface area contributed by atoms with E-state index in [0.717, 1.165) is 29.5 Å². The van der Waals surface area contributed by atoms with Crippen molar-refractivity contribution in [3.63, 3.8) is 0 Å². The maximum Gasteiger partial charge on any atom is 0.191 e. The van der Waals surface area contributed by atoms with Crippen LogP contribution in [0.4, 0.5) is 0 Å². The lowest BCUT2D eigenvalue weighted by Crippen LogP contribution is -2.40. The van der Waals surface area contributed by atoms with Crippen molar-refractivity contribution in [2.45, 2.75) is 12.2 Å². The molecule has 0 aliphatic carbocycles. The summed E-state index contributed by atoms with van der Waals surface area (Å²) in [5.74, 6) is 1.89. The second-order valence-electron chi connectivity index (χ2n) is 5.58. The van der Waals surface area contributed by atoms with Gasteiger partial charge in [-0.2, -0.15) is 0 Å². The molecule has 0 spiro atoms. The predicted molar refractivity (Wildman–Crippen MR) is 123 cm³/mol. The summed E-state index contributed by atoms with van der Waals surface area (Å²) in [5, 5.41) is 7.21. The van der Waals surface area contributed by atoms with E-state index in [1.165, 1.54) is 5.56 Å². The highest BCUT2D eigenvalue weighted by Gasteiger charge is 2.03. The molecule has 0 fully saturated rings. The summed E-state index contributed by atoms with van der Waals surface area (Å²) in [4.78, 5) is 4.19. The summed E-state index contributed by atoms with van der Waals surface area (Å²) >= 11 is 5.98. The minimum atomic E-state index is -0.887. The van der Waals surface area contributed by atoms with Gasteiger partial charge in [0, 0.05) is 47.5 Å². The van der Waals surface area contributed by atoms with Gasteiger partial charge in [0.1, 0.15) is 0 Å². The van der Waals surface area contributed by atoms with Gasteiger partial charge in [-0.1, -0.05) is 54.1 Å². The molecule has 4 nitrogen and oxygen atoms in total. The Balaban J connectivity index is 0.00000338. The monoisotopic (exact) mass is 505 g/mol. The van der Waals surface area contributed by atoms with E-state index >= 15 is 0 Å². The number of halogens is 2. The molecule has 26 heavy (non-hydrogen) atoms. The Morgan fingerprint density at radius 1 is 1.04 bits per heavy atom. The third-order valence-electron chi connectivity index (χ3n) is 3.61. The molecular weight excluding hydrogens is 481 g/mol. The molecule has 0 amide bonds. The largest absolute Gasteiger partial charge is 0.356 e. The molecule has 2 aromatic rings. The van der Waals surface area contributed by atoms with Gasteiger partial charge in [0.05, 0.1) is 0 Å². The highest BCUT2D eigenvalue weighted by molar-refractivity contribution is 14.0. The van der Waals surface area contributed by atoms with Gasteiger partial charge in [-0.05, 0) is 29.7 Å². The number of aliphatic imine (C=N–C) groups is 1. The number of guanidine groups is 1. The molecule has 0 aliphatic rings. The van der Waals surface area contributed by atoms with Crippen molar-refractivity contribution in [3.05, 3.63) is 70.7 Å². The van der Waals surface area contributed by atoms with Crippen LogP contribution in [-0.4, -0.2) is 36.1 Å². The average molecular weight is 506 g/mol. The molecule has 0 bridgehead atoms. The number of benzene rings is 2. The van der Waals surface area contributed by atoms with Crippen molar-refractivity contribution in [2.75, 3.05) is 25.9 Å². The molecule has 1 unspecified atom stereocenters. The van der Waals surface area contributed by atoms with Gasteiger partial charge in [0.25, 0.3) is 0 Å². The topological polar surface area (TPSA) is 53.5 Å². The standard InChI is InChI=1S/C19H24ClN3OS.HI/c1-21-19(22-11-10-16-8-5-9-18(20)14-16)23-12-13-25(24)15-17-6-3-2-4-7-17;/h2-9,14H,10-13,15H2,1H3,(H2,21,22,23);1H. The van der Waals surface area contributed by atoms with E-state index < -0.39 is 10.8 Å². The van der Waals surface area contributed by atoms with Gasteiger partial charge in [0.15, 0.2) is 5.96 Å². The Hall–Kier alpha value is -1.12. The smallest absolute Gasteiger partial charge is 0.191 e. The summed E-state index contributed by atoms with van der Waals surface area (Å²) in [6, 6.07) is 17.7. The molecule has 1 atom stereocenters.